The van der Waals surface area contributed by atoms with Crippen molar-refractivity contribution in [2.75, 3.05) is 0 Å². The number of halogens is 1. The Balaban J connectivity index is 1.65. The molecule has 2 aromatic rings. The highest BCUT2D eigenvalue weighted by Gasteiger charge is 2.24. The molecule has 3 rings (SSSR count). The molecule has 0 amide bonds. The fourth-order valence-corrected chi connectivity index (χ4v) is 3.84. The Hall–Kier alpha value is -1.34. The van der Waals surface area contributed by atoms with E-state index < -0.39 is 0 Å². The highest BCUT2D eigenvalue weighted by atomic mass is 35.5. The first-order chi connectivity index (χ1) is 9.26. The van der Waals surface area contributed by atoms with E-state index in [0.717, 1.165) is 23.7 Å². The summed E-state index contributed by atoms with van der Waals surface area (Å²) in [6.45, 7) is 0.823. The van der Waals surface area contributed by atoms with Crippen molar-refractivity contribution >= 4 is 22.9 Å². The van der Waals surface area contributed by atoms with Crippen LogP contribution >= 0.6 is 22.9 Å². The predicted octanol–water partition coefficient (Wildman–Crippen LogP) is 4.05. The summed E-state index contributed by atoms with van der Waals surface area (Å²) in [5.41, 5.74) is 3.27. The lowest BCUT2D eigenvalue weighted by molar-refractivity contribution is 0.530. The van der Waals surface area contributed by atoms with Crippen molar-refractivity contribution in [3.8, 4) is 6.07 Å². The topological polar surface area (TPSA) is 35.8 Å². The standard InChI is InChI=1S/C15H13ClN2S/c16-15-7-12-13(5-6-14(12)19-15)18-9-11-3-1-10(8-17)2-4-11/h1-4,7,13,18H,5-6,9H2. The summed E-state index contributed by atoms with van der Waals surface area (Å²) >= 11 is 7.75. The number of hydrogen-bond donors (Lipinski definition) is 1. The molecule has 0 saturated heterocycles. The third-order valence-corrected chi connectivity index (χ3v) is 4.82. The molecule has 1 heterocycles. The van der Waals surface area contributed by atoms with Gasteiger partial charge in [0.2, 0.25) is 0 Å². The maximum absolute atomic E-state index is 8.77. The quantitative estimate of drug-likeness (QED) is 0.925. The van der Waals surface area contributed by atoms with Crippen molar-refractivity contribution < 1.29 is 0 Å². The molecule has 4 heteroatoms. The van der Waals surface area contributed by atoms with Crippen LogP contribution < -0.4 is 5.32 Å². The fraction of sp³-hybridized carbons (Fsp3) is 0.267. The molecule has 1 N–H and O–H groups in total. The molecule has 1 aromatic heterocycles. The van der Waals surface area contributed by atoms with E-state index >= 15 is 0 Å². The zero-order chi connectivity index (χ0) is 13.2. The van der Waals surface area contributed by atoms with Gasteiger partial charge >= 0.3 is 0 Å². The summed E-state index contributed by atoms with van der Waals surface area (Å²) in [6, 6.07) is 12.4. The Bertz CT molecular complexity index is 625. The minimum Gasteiger partial charge on any atom is -0.306 e. The minimum atomic E-state index is 0.411. The smallest absolute Gasteiger partial charge is 0.0991 e. The Morgan fingerprint density at radius 2 is 2.16 bits per heavy atom. The van der Waals surface area contributed by atoms with Crippen molar-refractivity contribution in [3.05, 3.63) is 56.2 Å². The summed E-state index contributed by atoms with van der Waals surface area (Å²) in [5, 5.41) is 12.3. The maximum Gasteiger partial charge on any atom is 0.0991 e. The summed E-state index contributed by atoms with van der Waals surface area (Å²) in [4.78, 5) is 1.42. The first kappa shape index (κ1) is 12.7. The highest BCUT2D eigenvalue weighted by Crippen LogP contribution is 2.39. The molecule has 0 radical (unpaired) electrons. The van der Waals surface area contributed by atoms with Crippen LogP contribution in [-0.4, -0.2) is 0 Å². The predicted molar refractivity (Wildman–Crippen MR) is 78.4 cm³/mol. The summed E-state index contributed by atoms with van der Waals surface area (Å²) in [7, 11) is 0. The molecule has 0 fully saturated rings. The number of aryl methyl sites for hydroxylation is 1. The molecule has 1 aliphatic rings. The molecule has 2 nitrogen and oxygen atoms in total. The average Bonchev–Trinajstić information content (AvgIpc) is 2.96. The van der Waals surface area contributed by atoms with Crippen LogP contribution in [0.4, 0.5) is 0 Å². The monoisotopic (exact) mass is 288 g/mol. The molecule has 0 spiro atoms. The van der Waals surface area contributed by atoms with Crippen LogP contribution in [0.1, 0.15) is 34.0 Å². The van der Waals surface area contributed by atoms with Gasteiger partial charge in [-0.15, -0.1) is 11.3 Å². The van der Waals surface area contributed by atoms with Crippen molar-refractivity contribution in [1.82, 2.24) is 5.32 Å². The Morgan fingerprint density at radius 1 is 1.37 bits per heavy atom. The maximum atomic E-state index is 8.77. The number of thiophene rings is 1. The lowest BCUT2D eigenvalue weighted by Crippen LogP contribution is -2.18. The second-order valence-electron chi connectivity index (χ2n) is 4.71. The number of hydrogen-bond acceptors (Lipinski definition) is 3. The Labute approximate surface area is 121 Å². The van der Waals surface area contributed by atoms with Gasteiger partial charge < -0.3 is 5.32 Å². The van der Waals surface area contributed by atoms with Gasteiger partial charge in [0.25, 0.3) is 0 Å². The van der Waals surface area contributed by atoms with E-state index in [1.807, 2.05) is 24.3 Å². The van der Waals surface area contributed by atoms with Gasteiger partial charge in [-0.05, 0) is 42.2 Å². The van der Waals surface area contributed by atoms with Crippen molar-refractivity contribution in [2.24, 2.45) is 0 Å². The van der Waals surface area contributed by atoms with Gasteiger partial charge in [-0.2, -0.15) is 5.26 Å². The van der Waals surface area contributed by atoms with Crippen LogP contribution in [0.2, 0.25) is 4.34 Å². The van der Waals surface area contributed by atoms with Crippen molar-refractivity contribution in [1.29, 1.82) is 5.26 Å². The average molecular weight is 289 g/mol. The van der Waals surface area contributed by atoms with Gasteiger partial charge in [-0.25, -0.2) is 0 Å². The molecular weight excluding hydrogens is 276 g/mol. The van der Waals surface area contributed by atoms with Gasteiger partial charge in [0.05, 0.1) is 16.0 Å². The Kier molecular flexibility index (Phi) is 3.56. The first-order valence-corrected chi connectivity index (χ1v) is 7.46. The zero-order valence-corrected chi connectivity index (χ0v) is 11.9. The van der Waals surface area contributed by atoms with E-state index in [-0.39, 0.29) is 0 Å². The van der Waals surface area contributed by atoms with Crippen LogP contribution in [0.25, 0.3) is 0 Å². The lowest BCUT2D eigenvalue weighted by atomic mass is 10.1. The van der Waals surface area contributed by atoms with Crippen molar-refractivity contribution in [2.45, 2.75) is 25.4 Å². The summed E-state index contributed by atoms with van der Waals surface area (Å²) in [6.07, 6.45) is 2.27. The van der Waals surface area contributed by atoms with Crippen LogP contribution in [0.3, 0.4) is 0 Å². The van der Waals surface area contributed by atoms with Crippen LogP contribution in [0.15, 0.2) is 30.3 Å². The molecule has 1 atom stereocenters. The molecule has 96 valence electrons. The number of nitrogens with zero attached hydrogens (tertiary/aromatic N) is 1. The Morgan fingerprint density at radius 3 is 2.89 bits per heavy atom. The molecule has 1 aromatic carbocycles. The number of fused-ring (bicyclic) bond motifs is 1. The normalized spacial score (nSPS) is 17.2. The largest absolute Gasteiger partial charge is 0.306 e. The van der Waals surface area contributed by atoms with Gasteiger partial charge in [0.15, 0.2) is 0 Å². The second-order valence-corrected chi connectivity index (χ2v) is 6.48. The number of nitriles is 1. The molecule has 1 aliphatic carbocycles. The number of benzene rings is 1. The molecule has 0 bridgehead atoms. The molecule has 0 aliphatic heterocycles. The molecule has 0 saturated carbocycles. The first-order valence-electron chi connectivity index (χ1n) is 6.27. The van der Waals surface area contributed by atoms with Gasteiger partial charge in [-0.3, -0.25) is 0 Å². The van der Waals surface area contributed by atoms with E-state index in [1.165, 1.54) is 16.0 Å². The lowest BCUT2D eigenvalue weighted by Gasteiger charge is -2.12. The van der Waals surface area contributed by atoms with E-state index in [4.69, 9.17) is 16.9 Å². The molecule has 1 unspecified atom stereocenters. The molecule has 19 heavy (non-hydrogen) atoms. The fourth-order valence-electron chi connectivity index (χ4n) is 2.48. The highest BCUT2D eigenvalue weighted by molar-refractivity contribution is 7.16. The van der Waals surface area contributed by atoms with E-state index in [0.29, 0.717) is 11.6 Å². The van der Waals surface area contributed by atoms with E-state index in [1.54, 1.807) is 11.3 Å². The third-order valence-electron chi connectivity index (χ3n) is 3.48. The summed E-state index contributed by atoms with van der Waals surface area (Å²) in [5.74, 6) is 0. The van der Waals surface area contributed by atoms with Crippen molar-refractivity contribution in [3.63, 3.8) is 0 Å². The van der Waals surface area contributed by atoms with Gasteiger partial charge in [0.1, 0.15) is 0 Å². The summed E-state index contributed by atoms with van der Waals surface area (Å²) < 4.78 is 0.884. The minimum absolute atomic E-state index is 0.411. The third kappa shape index (κ3) is 2.66. The zero-order valence-electron chi connectivity index (χ0n) is 10.3. The van der Waals surface area contributed by atoms with Crippen LogP contribution in [0.5, 0.6) is 0 Å². The number of nitrogens with one attached hydrogen (secondary N) is 1. The van der Waals surface area contributed by atoms with Crippen LogP contribution in [0, 0.1) is 11.3 Å². The van der Waals surface area contributed by atoms with Gasteiger partial charge in [-0.1, -0.05) is 23.7 Å². The van der Waals surface area contributed by atoms with Crippen LogP contribution in [-0.2, 0) is 13.0 Å². The second kappa shape index (κ2) is 5.34. The van der Waals surface area contributed by atoms with E-state index in [9.17, 15) is 0 Å². The van der Waals surface area contributed by atoms with Gasteiger partial charge in [0, 0.05) is 17.5 Å². The van der Waals surface area contributed by atoms with E-state index in [2.05, 4.69) is 17.5 Å². The number of rotatable bonds is 3. The SMILES string of the molecule is N#Cc1ccc(CNC2CCc3sc(Cl)cc32)cc1. The molecular formula is C15H13ClN2S.